The summed E-state index contributed by atoms with van der Waals surface area (Å²) in [6, 6.07) is 3.32. The third-order valence-electron chi connectivity index (χ3n) is 6.81. The Kier molecular flexibility index (Phi) is 6.26. The minimum Gasteiger partial charge on any atom is -0.348 e. The Morgan fingerprint density at radius 1 is 1.07 bits per heavy atom. The zero-order valence-electron chi connectivity index (χ0n) is 17.5. The van der Waals surface area contributed by atoms with E-state index in [1.807, 2.05) is 6.20 Å². The number of hydrogen-bond acceptors (Lipinski definition) is 6. The quantitative estimate of drug-likeness (QED) is 0.719. The van der Waals surface area contributed by atoms with Gasteiger partial charge in [0.05, 0.1) is 6.54 Å². The Morgan fingerprint density at radius 3 is 2.43 bits per heavy atom. The predicted octanol–water partition coefficient (Wildman–Crippen LogP) is 2.70. The molecule has 0 aliphatic carbocycles. The highest BCUT2D eigenvalue weighted by Crippen LogP contribution is 2.35. The number of Topliss-reactive ketones (excluding diaryl/α,β-unsaturated/α-hetero) is 1. The van der Waals surface area contributed by atoms with Crippen LogP contribution >= 0.6 is 0 Å². The topological polar surface area (TPSA) is 52.6 Å². The van der Waals surface area contributed by atoms with Crippen molar-refractivity contribution in [3.05, 3.63) is 18.1 Å². The van der Waals surface area contributed by atoms with Gasteiger partial charge in [0.25, 0.3) is 0 Å². The Hall–Kier alpha value is -1.53. The molecule has 2 atom stereocenters. The molecule has 1 aromatic rings. The Labute approximate surface area is 169 Å². The van der Waals surface area contributed by atoms with Crippen molar-refractivity contribution < 1.29 is 4.79 Å². The summed E-state index contributed by atoms with van der Waals surface area (Å²) in [5.74, 6) is 2.94. The fraction of sp³-hybridized carbons (Fsp3) is 0.773. The van der Waals surface area contributed by atoms with Gasteiger partial charge in [-0.2, -0.15) is 0 Å². The number of anilines is 1. The van der Waals surface area contributed by atoms with E-state index in [4.69, 9.17) is 4.98 Å². The molecule has 28 heavy (non-hydrogen) atoms. The molecule has 0 aromatic carbocycles. The van der Waals surface area contributed by atoms with Crippen molar-refractivity contribution in [1.29, 1.82) is 0 Å². The monoisotopic (exact) mass is 385 g/mol. The van der Waals surface area contributed by atoms with Gasteiger partial charge in [-0.1, -0.05) is 13.8 Å². The zero-order valence-corrected chi connectivity index (χ0v) is 17.5. The highest BCUT2D eigenvalue weighted by Gasteiger charge is 2.40. The van der Waals surface area contributed by atoms with E-state index in [1.165, 1.54) is 12.8 Å². The number of piperidine rings is 1. The van der Waals surface area contributed by atoms with Crippen molar-refractivity contribution in [1.82, 2.24) is 19.8 Å². The summed E-state index contributed by atoms with van der Waals surface area (Å²) in [6.07, 6.45) is 8.29. The number of likely N-dealkylation sites (N-methyl/N-ethyl adjacent to an activating group) is 1. The predicted molar refractivity (Wildman–Crippen MR) is 112 cm³/mol. The van der Waals surface area contributed by atoms with E-state index in [0.717, 1.165) is 63.6 Å². The molecule has 4 heterocycles. The van der Waals surface area contributed by atoms with Gasteiger partial charge in [-0.25, -0.2) is 9.97 Å². The molecule has 3 aliphatic heterocycles. The summed E-state index contributed by atoms with van der Waals surface area (Å²) in [5, 5.41) is 0. The summed E-state index contributed by atoms with van der Waals surface area (Å²) < 4.78 is 0. The van der Waals surface area contributed by atoms with Crippen molar-refractivity contribution in [3.8, 4) is 0 Å². The maximum atomic E-state index is 11.9. The van der Waals surface area contributed by atoms with Crippen LogP contribution in [0.3, 0.4) is 0 Å². The first-order valence-electron chi connectivity index (χ1n) is 11.3. The Bertz CT molecular complexity index is 659. The number of aromatic nitrogens is 2. The van der Waals surface area contributed by atoms with Crippen LogP contribution in [0.5, 0.6) is 0 Å². The van der Waals surface area contributed by atoms with Crippen LogP contribution in [0.1, 0.15) is 64.1 Å². The lowest BCUT2D eigenvalue weighted by Gasteiger charge is -2.41. The second-order valence-electron chi connectivity index (χ2n) is 8.76. The van der Waals surface area contributed by atoms with Crippen LogP contribution in [-0.2, 0) is 4.79 Å². The molecule has 6 nitrogen and oxygen atoms in total. The number of likely N-dealkylation sites (tertiary alicyclic amines) is 2. The van der Waals surface area contributed by atoms with Crippen LogP contribution in [0.4, 0.5) is 5.82 Å². The minimum absolute atomic E-state index is 0.376. The number of carbonyl (C=O) groups excluding carboxylic acids is 1. The number of fused-ring (bicyclic) bond motifs is 2. The molecule has 3 saturated heterocycles. The largest absolute Gasteiger partial charge is 0.348 e. The average Bonchev–Trinajstić information content (AvgIpc) is 2.98. The smallest absolute Gasteiger partial charge is 0.146 e. The van der Waals surface area contributed by atoms with E-state index >= 15 is 0 Å². The second kappa shape index (κ2) is 8.87. The summed E-state index contributed by atoms with van der Waals surface area (Å²) in [6.45, 7) is 10.4. The van der Waals surface area contributed by atoms with E-state index in [0.29, 0.717) is 36.8 Å². The summed E-state index contributed by atoms with van der Waals surface area (Å²) in [4.78, 5) is 29.1. The molecule has 4 rings (SSSR count). The van der Waals surface area contributed by atoms with Crippen LogP contribution in [0, 0.1) is 0 Å². The van der Waals surface area contributed by atoms with E-state index < -0.39 is 0 Å². The van der Waals surface area contributed by atoms with Gasteiger partial charge in [0, 0.05) is 43.7 Å². The van der Waals surface area contributed by atoms with Crippen LogP contribution in [0.15, 0.2) is 12.3 Å². The minimum atomic E-state index is 0.376. The number of hydrogen-bond donors (Lipinski definition) is 0. The van der Waals surface area contributed by atoms with Crippen LogP contribution in [-0.4, -0.2) is 76.9 Å². The average molecular weight is 386 g/mol. The van der Waals surface area contributed by atoms with Gasteiger partial charge in [-0.05, 0) is 57.8 Å². The third-order valence-corrected chi connectivity index (χ3v) is 6.81. The van der Waals surface area contributed by atoms with E-state index in [2.05, 4.69) is 39.6 Å². The third kappa shape index (κ3) is 4.23. The second-order valence-corrected chi connectivity index (χ2v) is 8.76. The standard InChI is InChI=1S/C22H35N5O/c1-3-5-20(28)16-26-12-9-17(10-13-26)22-23-11-8-21(24-22)27-18-6-7-19(27)15-25(4-2)14-18/h8,11,17-19H,3-7,9-10,12-16H2,1-2H3. The molecule has 0 radical (unpaired) electrons. The maximum Gasteiger partial charge on any atom is 0.146 e. The Balaban J connectivity index is 1.38. The molecule has 0 N–H and O–H groups in total. The normalized spacial score (nSPS) is 26.7. The number of rotatable bonds is 7. The van der Waals surface area contributed by atoms with Crippen molar-refractivity contribution in [2.24, 2.45) is 0 Å². The summed E-state index contributed by atoms with van der Waals surface area (Å²) in [7, 11) is 0. The fourth-order valence-electron chi connectivity index (χ4n) is 5.28. The highest BCUT2D eigenvalue weighted by atomic mass is 16.1. The number of piperazine rings is 1. The van der Waals surface area contributed by atoms with Gasteiger partial charge in [0.15, 0.2) is 0 Å². The molecule has 6 heteroatoms. The SMILES string of the molecule is CCCC(=O)CN1CCC(c2nccc(N3C4CCC3CN(CC)C4)n2)CC1. The zero-order chi connectivity index (χ0) is 19.5. The number of nitrogens with zero attached hydrogens (tertiary/aromatic N) is 5. The van der Waals surface area contributed by atoms with Crippen LogP contribution < -0.4 is 4.90 Å². The van der Waals surface area contributed by atoms with Crippen molar-refractivity contribution in [3.63, 3.8) is 0 Å². The van der Waals surface area contributed by atoms with E-state index in [1.54, 1.807) is 0 Å². The molecule has 2 bridgehead atoms. The first-order valence-corrected chi connectivity index (χ1v) is 11.3. The van der Waals surface area contributed by atoms with Crippen molar-refractivity contribution in [2.75, 3.05) is 44.2 Å². The van der Waals surface area contributed by atoms with Crippen molar-refractivity contribution in [2.45, 2.75) is 70.4 Å². The maximum absolute atomic E-state index is 11.9. The molecular weight excluding hydrogens is 350 g/mol. The summed E-state index contributed by atoms with van der Waals surface area (Å²) in [5.41, 5.74) is 0. The van der Waals surface area contributed by atoms with E-state index in [9.17, 15) is 4.79 Å². The first kappa shape index (κ1) is 19.8. The summed E-state index contributed by atoms with van der Waals surface area (Å²) >= 11 is 0. The molecule has 3 aliphatic rings. The van der Waals surface area contributed by atoms with Gasteiger partial charge in [0.2, 0.25) is 0 Å². The lowest BCUT2D eigenvalue weighted by atomic mass is 9.95. The van der Waals surface area contributed by atoms with Gasteiger partial charge in [-0.3, -0.25) is 14.6 Å². The Morgan fingerprint density at radius 2 is 1.79 bits per heavy atom. The molecule has 2 unspecified atom stereocenters. The van der Waals surface area contributed by atoms with Gasteiger partial charge < -0.3 is 4.90 Å². The fourth-order valence-corrected chi connectivity index (χ4v) is 5.28. The van der Waals surface area contributed by atoms with Crippen LogP contribution in [0.2, 0.25) is 0 Å². The van der Waals surface area contributed by atoms with Gasteiger partial charge >= 0.3 is 0 Å². The molecule has 0 spiro atoms. The van der Waals surface area contributed by atoms with Gasteiger partial charge in [0.1, 0.15) is 17.4 Å². The molecule has 0 amide bonds. The van der Waals surface area contributed by atoms with Gasteiger partial charge in [-0.15, -0.1) is 0 Å². The highest BCUT2D eigenvalue weighted by molar-refractivity contribution is 5.80. The molecule has 1 aromatic heterocycles. The number of carbonyl (C=O) groups is 1. The van der Waals surface area contributed by atoms with Crippen molar-refractivity contribution >= 4 is 11.6 Å². The number of ketones is 1. The molecule has 3 fully saturated rings. The van der Waals surface area contributed by atoms with E-state index in [-0.39, 0.29) is 0 Å². The molecule has 154 valence electrons. The molecule has 0 saturated carbocycles. The van der Waals surface area contributed by atoms with Crippen LogP contribution in [0.25, 0.3) is 0 Å². The lowest BCUT2D eigenvalue weighted by molar-refractivity contribution is -0.120. The molecular formula is C22H35N5O. The first-order chi connectivity index (χ1) is 13.7. The lowest BCUT2D eigenvalue weighted by Crippen LogP contribution is -2.54.